The fraction of sp³-hybridized carbons (Fsp3) is 0.150. The van der Waals surface area contributed by atoms with E-state index in [1.54, 1.807) is 36.8 Å². The molecule has 0 saturated heterocycles. The molecule has 1 aromatic heterocycles. The number of rotatable bonds is 7. The number of carbonyl (C=O) groups excluding carboxylic acids is 2. The molecule has 0 fully saturated rings. The van der Waals surface area contributed by atoms with Gasteiger partial charge in [-0.2, -0.15) is 0 Å². The van der Waals surface area contributed by atoms with Gasteiger partial charge in [-0.3, -0.25) is 9.59 Å². The number of carbonyl (C=O) groups is 2. The zero-order valence-corrected chi connectivity index (χ0v) is 15.6. The largest absolute Gasteiger partial charge is 0.497 e. The van der Waals surface area contributed by atoms with Crippen LogP contribution in [0.3, 0.4) is 0 Å². The Morgan fingerprint density at radius 2 is 1.78 bits per heavy atom. The smallest absolute Gasteiger partial charge is 0.275 e. The molecular weight excluding hydrogens is 362 g/mol. The van der Waals surface area contributed by atoms with E-state index < -0.39 is 0 Å². The van der Waals surface area contributed by atoms with Crippen molar-refractivity contribution in [3.05, 3.63) is 71.2 Å². The van der Waals surface area contributed by atoms with Crippen LogP contribution in [0.5, 0.6) is 5.75 Å². The lowest BCUT2D eigenvalue weighted by Crippen LogP contribution is -2.14. The Hall–Kier alpha value is -3.19. The van der Waals surface area contributed by atoms with E-state index in [2.05, 4.69) is 15.6 Å². The lowest BCUT2D eigenvalue weighted by atomic mass is 10.1. The monoisotopic (exact) mass is 381 g/mol. The molecule has 0 aliphatic rings. The van der Waals surface area contributed by atoms with Crippen molar-refractivity contribution < 1.29 is 14.3 Å². The second-order valence-electron chi connectivity index (χ2n) is 5.75. The molecule has 3 aromatic rings. The number of aromatic nitrogens is 1. The zero-order valence-electron chi connectivity index (χ0n) is 14.8. The van der Waals surface area contributed by atoms with Crippen molar-refractivity contribution in [2.24, 2.45) is 0 Å². The molecule has 138 valence electrons. The Labute approximate surface area is 161 Å². The zero-order chi connectivity index (χ0) is 19.1. The summed E-state index contributed by atoms with van der Waals surface area (Å²) in [6, 6.07) is 16.8. The van der Waals surface area contributed by atoms with Crippen LogP contribution in [0.4, 0.5) is 10.8 Å². The summed E-state index contributed by atoms with van der Waals surface area (Å²) in [5.74, 6) is 0.249. The standard InChI is InChI=1S/C20H19N3O3S/c1-26-16-10-8-15(9-11-16)21-19(25)17-13-27-20(22-17)23-18(24)12-7-14-5-3-2-4-6-14/h2-6,8-11,13H,7,12H2,1H3,(H,21,25)(H,22,23,24). The molecule has 2 amide bonds. The number of amides is 2. The number of methoxy groups -OCH3 is 1. The highest BCUT2D eigenvalue weighted by Gasteiger charge is 2.13. The molecule has 0 aliphatic heterocycles. The summed E-state index contributed by atoms with van der Waals surface area (Å²) in [6.45, 7) is 0. The van der Waals surface area contributed by atoms with Crippen molar-refractivity contribution >= 4 is 34.0 Å². The fourth-order valence-electron chi connectivity index (χ4n) is 2.39. The van der Waals surface area contributed by atoms with Gasteiger partial charge in [0.05, 0.1) is 7.11 Å². The highest BCUT2D eigenvalue weighted by molar-refractivity contribution is 7.14. The number of hydrogen-bond donors (Lipinski definition) is 2. The summed E-state index contributed by atoms with van der Waals surface area (Å²) < 4.78 is 5.08. The van der Waals surface area contributed by atoms with Gasteiger partial charge in [0, 0.05) is 17.5 Å². The molecule has 0 saturated carbocycles. The quantitative estimate of drug-likeness (QED) is 0.649. The van der Waals surface area contributed by atoms with Crippen molar-refractivity contribution in [2.75, 3.05) is 17.7 Å². The Morgan fingerprint density at radius 3 is 2.48 bits per heavy atom. The molecule has 0 spiro atoms. The van der Waals surface area contributed by atoms with Gasteiger partial charge in [-0.15, -0.1) is 11.3 Å². The molecule has 27 heavy (non-hydrogen) atoms. The molecule has 0 atom stereocenters. The maximum Gasteiger partial charge on any atom is 0.275 e. The number of nitrogens with zero attached hydrogens (tertiary/aromatic N) is 1. The van der Waals surface area contributed by atoms with Crippen LogP contribution in [0.1, 0.15) is 22.5 Å². The van der Waals surface area contributed by atoms with E-state index in [0.29, 0.717) is 29.4 Å². The Bertz CT molecular complexity index is 908. The van der Waals surface area contributed by atoms with Crippen molar-refractivity contribution in [1.82, 2.24) is 4.98 Å². The molecule has 6 nitrogen and oxygen atoms in total. The van der Waals surface area contributed by atoms with E-state index in [4.69, 9.17) is 4.74 Å². The fourth-order valence-corrected chi connectivity index (χ4v) is 3.10. The number of aryl methyl sites for hydroxylation is 1. The van der Waals surface area contributed by atoms with Crippen molar-refractivity contribution in [2.45, 2.75) is 12.8 Å². The first-order valence-electron chi connectivity index (χ1n) is 8.39. The third-order valence-corrected chi connectivity index (χ3v) is 4.57. The number of thiazole rings is 1. The van der Waals surface area contributed by atoms with Crippen LogP contribution in [-0.4, -0.2) is 23.9 Å². The number of ether oxygens (including phenoxy) is 1. The summed E-state index contributed by atoms with van der Waals surface area (Å²) in [7, 11) is 1.58. The SMILES string of the molecule is COc1ccc(NC(=O)c2csc(NC(=O)CCc3ccccc3)n2)cc1. The molecule has 0 radical (unpaired) electrons. The second-order valence-corrected chi connectivity index (χ2v) is 6.61. The van der Waals surface area contributed by atoms with Crippen molar-refractivity contribution in [3.63, 3.8) is 0 Å². The van der Waals surface area contributed by atoms with Crippen LogP contribution >= 0.6 is 11.3 Å². The third-order valence-electron chi connectivity index (χ3n) is 3.81. The molecule has 3 rings (SSSR count). The normalized spacial score (nSPS) is 10.3. The topological polar surface area (TPSA) is 80.3 Å². The molecule has 2 aromatic carbocycles. The molecule has 0 bridgehead atoms. The third kappa shape index (κ3) is 5.39. The molecule has 1 heterocycles. The van der Waals surface area contributed by atoms with E-state index in [1.165, 1.54) is 11.3 Å². The first-order valence-corrected chi connectivity index (χ1v) is 9.27. The molecule has 2 N–H and O–H groups in total. The molecular formula is C20H19N3O3S. The van der Waals surface area contributed by atoms with Gasteiger partial charge in [-0.05, 0) is 36.2 Å². The summed E-state index contributed by atoms with van der Waals surface area (Å²) in [4.78, 5) is 28.5. The predicted molar refractivity (Wildman–Crippen MR) is 106 cm³/mol. The van der Waals surface area contributed by atoms with Gasteiger partial charge in [0.25, 0.3) is 5.91 Å². The number of hydrogen-bond acceptors (Lipinski definition) is 5. The summed E-state index contributed by atoms with van der Waals surface area (Å²) in [5.41, 5.74) is 2.00. The predicted octanol–water partition coefficient (Wildman–Crippen LogP) is 3.98. The summed E-state index contributed by atoms with van der Waals surface area (Å²) in [5, 5.41) is 7.52. The highest BCUT2D eigenvalue weighted by atomic mass is 32.1. The van der Waals surface area contributed by atoms with Crippen LogP contribution in [0, 0.1) is 0 Å². The molecule has 0 unspecified atom stereocenters. The van der Waals surface area contributed by atoms with Gasteiger partial charge in [0.2, 0.25) is 5.91 Å². The van der Waals surface area contributed by atoms with Crippen LogP contribution in [-0.2, 0) is 11.2 Å². The van der Waals surface area contributed by atoms with E-state index in [1.807, 2.05) is 30.3 Å². The summed E-state index contributed by atoms with van der Waals surface area (Å²) in [6.07, 6.45) is 1.01. The minimum atomic E-state index is -0.332. The van der Waals surface area contributed by atoms with Crippen LogP contribution in [0.2, 0.25) is 0 Å². The van der Waals surface area contributed by atoms with E-state index in [9.17, 15) is 9.59 Å². The van der Waals surface area contributed by atoms with E-state index >= 15 is 0 Å². The molecule has 0 aliphatic carbocycles. The van der Waals surface area contributed by atoms with Gasteiger partial charge in [-0.1, -0.05) is 30.3 Å². The molecule has 7 heteroatoms. The number of nitrogens with one attached hydrogen (secondary N) is 2. The lowest BCUT2D eigenvalue weighted by molar-refractivity contribution is -0.116. The lowest BCUT2D eigenvalue weighted by Gasteiger charge is -2.04. The van der Waals surface area contributed by atoms with Gasteiger partial charge in [0.15, 0.2) is 5.13 Å². The average molecular weight is 381 g/mol. The number of benzene rings is 2. The van der Waals surface area contributed by atoms with Gasteiger partial charge < -0.3 is 15.4 Å². The number of anilines is 2. The maximum atomic E-state index is 12.3. The maximum absolute atomic E-state index is 12.3. The van der Waals surface area contributed by atoms with Crippen LogP contribution in [0.25, 0.3) is 0 Å². The van der Waals surface area contributed by atoms with E-state index in [0.717, 1.165) is 5.56 Å². The Balaban J connectivity index is 1.52. The van der Waals surface area contributed by atoms with Gasteiger partial charge >= 0.3 is 0 Å². The average Bonchev–Trinajstić information content (AvgIpc) is 3.16. The Kier molecular flexibility index (Phi) is 6.17. The first kappa shape index (κ1) is 18.6. The van der Waals surface area contributed by atoms with Gasteiger partial charge in [-0.25, -0.2) is 4.98 Å². The van der Waals surface area contributed by atoms with E-state index in [-0.39, 0.29) is 17.5 Å². The van der Waals surface area contributed by atoms with Crippen LogP contribution in [0.15, 0.2) is 60.0 Å². The van der Waals surface area contributed by atoms with Crippen molar-refractivity contribution in [1.29, 1.82) is 0 Å². The van der Waals surface area contributed by atoms with Crippen molar-refractivity contribution in [3.8, 4) is 5.75 Å². The van der Waals surface area contributed by atoms with Gasteiger partial charge in [0.1, 0.15) is 11.4 Å². The first-order chi connectivity index (χ1) is 13.1. The minimum Gasteiger partial charge on any atom is -0.497 e. The van der Waals surface area contributed by atoms with Crippen LogP contribution < -0.4 is 15.4 Å². The highest BCUT2D eigenvalue weighted by Crippen LogP contribution is 2.19. The summed E-state index contributed by atoms with van der Waals surface area (Å²) >= 11 is 1.22. The second kappa shape index (κ2) is 8.95. The minimum absolute atomic E-state index is 0.129. The Morgan fingerprint density at radius 1 is 1.04 bits per heavy atom.